The Morgan fingerprint density at radius 3 is 2.33 bits per heavy atom. The van der Waals surface area contributed by atoms with E-state index in [1.807, 2.05) is 24.3 Å². The van der Waals surface area contributed by atoms with Crippen molar-refractivity contribution >= 4 is 34.5 Å². The van der Waals surface area contributed by atoms with Crippen molar-refractivity contribution in [3.63, 3.8) is 0 Å². The highest BCUT2D eigenvalue weighted by atomic mass is 32.2. The number of unbranched alkanes of at least 4 members (excludes halogenated alkanes) is 1. The van der Waals surface area contributed by atoms with Crippen molar-refractivity contribution in [1.29, 1.82) is 0 Å². The summed E-state index contributed by atoms with van der Waals surface area (Å²) in [4.78, 5) is 18.0. The highest BCUT2D eigenvalue weighted by molar-refractivity contribution is 7.99. The topological polar surface area (TPSA) is 55.1 Å². The van der Waals surface area contributed by atoms with E-state index in [-0.39, 0.29) is 11.3 Å². The van der Waals surface area contributed by atoms with E-state index in [0.717, 1.165) is 66.3 Å². The molecule has 0 radical (unpaired) electrons. The summed E-state index contributed by atoms with van der Waals surface area (Å²) in [6.45, 7) is 8.79. The molecule has 1 amide bonds. The zero-order valence-corrected chi connectivity index (χ0v) is 21.1. The van der Waals surface area contributed by atoms with Crippen LogP contribution in [-0.2, 0) is 4.79 Å². The lowest BCUT2D eigenvalue weighted by Gasteiger charge is -2.41. The van der Waals surface area contributed by atoms with Crippen LogP contribution < -0.4 is 5.32 Å². The van der Waals surface area contributed by atoms with Crippen LogP contribution in [0.1, 0.15) is 89.2 Å². The van der Waals surface area contributed by atoms with E-state index in [9.17, 15) is 4.79 Å². The summed E-state index contributed by atoms with van der Waals surface area (Å²) < 4.78 is 5.80. The van der Waals surface area contributed by atoms with Gasteiger partial charge in [0.25, 0.3) is 5.22 Å². The monoisotopic (exact) mass is 464 g/mol. The molecule has 4 rings (SSSR count). The Labute approximate surface area is 201 Å². The van der Waals surface area contributed by atoms with E-state index in [1.54, 1.807) is 11.8 Å². The average Bonchev–Trinajstić information content (AvgIpc) is 3.17. The van der Waals surface area contributed by atoms with E-state index in [1.165, 1.54) is 11.1 Å². The van der Waals surface area contributed by atoms with E-state index in [0.29, 0.717) is 11.8 Å². The van der Waals surface area contributed by atoms with E-state index < -0.39 is 0 Å². The van der Waals surface area contributed by atoms with Crippen LogP contribution in [0.4, 0.5) is 5.69 Å². The van der Waals surface area contributed by atoms with Gasteiger partial charge in [0.1, 0.15) is 5.52 Å². The van der Waals surface area contributed by atoms with Crippen LogP contribution in [-0.4, -0.2) is 16.6 Å². The molecule has 0 aliphatic heterocycles. The number of nitrogens with one attached hydrogen (secondary N) is 1. The third-order valence-electron chi connectivity index (χ3n) is 6.95. The number of anilines is 1. The fourth-order valence-corrected chi connectivity index (χ4v) is 5.61. The molecule has 1 aromatic heterocycles. The first-order valence-corrected chi connectivity index (χ1v) is 13.3. The summed E-state index contributed by atoms with van der Waals surface area (Å²) in [5.74, 6) is 1.92. The maximum Gasteiger partial charge on any atom is 0.256 e. The molecular formula is C28H36N2O2S. The van der Waals surface area contributed by atoms with Crippen molar-refractivity contribution in [2.75, 3.05) is 11.1 Å². The van der Waals surface area contributed by atoms with Crippen molar-refractivity contribution in [1.82, 2.24) is 4.98 Å². The van der Waals surface area contributed by atoms with Crippen molar-refractivity contribution in [3.05, 3.63) is 53.6 Å². The summed E-state index contributed by atoms with van der Waals surface area (Å²) >= 11 is 1.67. The van der Waals surface area contributed by atoms with Gasteiger partial charge in [0, 0.05) is 16.9 Å². The third kappa shape index (κ3) is 5.29. The zero-order valence-electron chi connectivity index (χ0n) is 20.3. The quantitative estimate of drug-likeness (QED) is 0.243. The second-order valence-electron chi connectivity index (χ2n) is 9.96. The first kappa shape index (κ1) is 23.9. The fourth-order valence-electron chi connectivity index (χ4n) is 4.77. The summed E-state index contributed by atoms with van der Waals surface area (Å²) in [5, 5.41) is 4.13. The molecule has 0 atom stereocenters. The van der Waals surface area contributed by atoms with Gasteiger partial charge in [-0.05, 0) is 60.8 Å². The summed E-state index contributed by atoms with van der Waals surface area (Å²) in [7, 11) is 0. The number of carbonyl (C=O) groups is 1. The van der Waals surface area contributed by atoms with Crippen LogP contribution in [0.2, 0.25) is 0 Å². The van der Waals surface area contributed by atoms with E-state index in [2.05, 4.69) is 56.2 Å². The Kier molecular flexibility index (Phi) is 7.48. The molecule has 0 saturated heterocycles. The second kappa shape index (κ2) is 10.3. The molecule has 1 heterocycles. The number of oxazole rings is 1. The molecule has 1 aliphatic carbocycles. The third-order valence-corrected chi connectivity index (χ3v) is 7.87. The van der Waals surface area contributed by atoms with Gasteiger partial charge >= 0.3 is 0 Å². The predicted molar refractivity (Wildman–Crippen MR) is 138 cm³/mol. The van der Waals surface area contributed by atoms with Crippen LogP contribution in [0.25, 0.3) is 11.1 Å². The number of benzene rings is 2. The number of rotatable bonds is 10. The van der Waals surface area contributed by atoms with Gasteiger partial charge in [-0.1, -0.05) is 82.6 Å². The lowest BCUT2D eigenvalue weighted by atomic mass is 9.65. The van der Waals surface area contributed by atoms with Gasteiger partial charge in [0.2, 0.25) is 5.91 Å². The largest absolute Gasteiger partial charge is 0.431 e. The van der Waals surface area contributed by atoms with Gasteiger partial charge in [-0.3, -0.25) is 4.79 Å². The molecule has 0 bridgehead atoms. The Bertz CT molecular complexity index is 1040. The molecule has 5 heteroatoms. The van der Waals surface area contributed by atoms with Crippen molar-refractivity contribution in [3.8, 4) is 0 Å². The molecule has 0 spiro atoms. The molecular weight excluding hydrogens is 428 g/mol. The number of thioether (sulfide) groups is 1. The minimum absolute atomic E-state index is 0.208. The molecule has 1 saturated carbocycles. The molecule has 33 heavy (non-hydrogen) atoms. The van der Waals surface area contributed by atoms with Crippen molar-refractivity contribution < 1.29 is 9.21 Å². The molecule has 0 unspecified atom stereocenters. The maximum atomic E-state index is 13.5. The molecule has 176 valence electrons. The second-order valence-corrected chi connectivity index (χ2v) is 11.0. The van der Waals surface area contributed by atoms with Crippen molar-refractivity contribution in [2.24, 2.45) is 5.41 Å². The minimum atomic E-state index is -0.208. The number of hydrogen-bond donors (Lipinski definition) is 1. The Hall–Kier alpha value is -2.27. The van der Waals surface area contributed by atoms with Crippen LogP contribution in [0.3, 0.4) is 0 Å². The Morgan fingerprint density at radius 2 is 1.73 bits per heavy atom. The summed E-state index contributed by atoms with van der Waals surface area (Å²) in [6.07, 6.45) is 6.19. The SMILES string of the molecule is CC(C)c1cccc(C(C)C)c1NC(=O)C1(CCCCSc2nc3ccccc3o2)CCC1. The van der Waals surface area contributed by atoms with Gasteiger partial charge in [-0.25, -0.2) is 4.98 Å². The average molecular weight is 465 g/mol. The molecule has 1 N–H and O–H groups in total. The summed E-state index contributed by atoms with van der Waals surface area (Å²) in [5.41, 5.74) is 5.06. The molecule has 3 aromatic rings. The van der Waals surface area contributed by atoms with Crippen molar-refractivity contribution in [2.45, 2.75) is 83.3 Å². The van der Waals surface area contributed by atoms with Gasteiger partial charge in [-0.2, -0.15) is 0 Å². The van der Waals surface area contributed by atoms with E-state index in [4.69, 9.17) is 4.42 Å². The lowest BCUT2D eigenvalue weighted by molar-refractivity contribution is -0.131. The highest BCUT2D eigenvalue weighted by Gasteiger charge is 2.43. The molecule has 4 nitrogen and oxygen atoms in total. The predicted octanol–water partition coefficient (Wildman–Crippen LogP) is 8.15. The number of aromatic nitrogens is 1. The minimum Gasteiger partial charge on any atom is -0.431 e. The summed E-state index contributed by atoms with van der Waals surface area (Å²) in [6, 6.07) is 14.3. The van der Waals surface area contributed by atoms with Gasteiger partial charge in [0.05, 0.1) is 0 Å². The number of hydrogen-bond acceptors (Lipinski definition) is 4. The molecule has 1 aliphatic rings. The normalized spacial score (nSPS) is 15.2. The number of amides is 1. The number of para-hydroxylation sites is 3. The lowest BCUT2D eigenvalue weighted by Crippen LogP contribution is -2.42. The van der Waals surface area contributed by atoms with Crippen LogP contribution in [0.5, 0.6) is 0 Å². The number of carbonyl (C=O) groups excluding carboxylic acids is 1. The van der Waals surface area contributed by atoms with Crippen LogP contribution >= 0.6 is 11.8 Å². The standard InChI is InChI=1S/C28H36N2O2S/c1-19(2)21-11-9-12-22(20(3)4)25(21)30-26(31)28(16-10-17-28)15-7-8-18-33-27-29-23-13-5-6-14-24(23)32-27/h5-6,9,11-14,19-20H,7-8,10,15-18H2,1-4H3,(H,30,31). The molecule has 2 aromatic carbocycles. The zero-order chi connectivity index (χ0) is 23.4. The maximum absolute atomic E-state index is 13.5. The smallest absolute Gasteiger partial charge is 0.256 e. The van der Waals surface area contributed by atoms with Crippen LogP contribution in [0, 0.1) is 5.41 Å². The van der Waals surface area contributed by atoms with Gasteiger partial charge in [-0.15, -0.1) is 0 Å². The highest BCUT2D eigenvalue weighted by Crippen LogP contribution is 2.47. The van der Waals surface area contributed by atoms with Crippen LogP contribution in [0.15, 0.2) is 52.1 Å². The Balaban J connectivity index is 1.34. The first-order valence-electron chi connectivity index (χ1n) is 12.3. The number of fused-ring (bicyclic) bond motifs is 1. The van der Waals surface area contributed by atoms with E-state index >= 15 is 0 Å². The number of nitrogens with zero attached hydrogens (tertiary/aromatic N) is 1. The van der Waals surface area contributed by atoms with Gasteiger partial charge < -0.3 is 9.73 Å². The first-order chi connectivity index (χ1) is 15.9. The Morgan fingerprint density at radius 1 is 1.03 bits per heavy atom. The molecule has 1 fully saturated rings. The van der Waals surface area contributed by atoms with Gasteiger partial charge in [0.15, 0.2) is 5.58 Å². The fraction of sp³-hybridized carbons (Fsp3) is 0.500.